The third-order valence-electron chi connectivity index (χ3n) is 11.2. The molecule has 4 heteroatoms. The Bertz CT molecular complexity index is 836. The van der Waals surface area contributed by atoms with Crippen LogP contribution >= 0.6 is 0 Å². The molecule has 0 radical (unpaired) electrons. The second-order valence-corrected chi connectivity index (χ2v) is 13.2. The van der Waals surface area contributed by atoms with Gasteiger partial charge < -0.3 is 10.8 Å². The minimum atomic E-state index is -0.424. The van der Waals surface area contributed by atoms with Gasteiger partial charge in [-0.1, -0.05) is 13.8 Å². The summed E-state index contributed by atoms with van der Waals surface area (Å²) in [6.07, 6.45) is 16.1. The Morgan fingerprint density at radius 1 is 1.06 bits per heavy atom. The van der Waals surface area contributed by atoms with Crippen LogP contribution in [0.4, 0.5) is 0 Å². The summed E-state index contributed by atoms with van der Waals surface area (Å²) < 4.78 is 0. The molecule has 0 saturated heterocycles. The lowest BCUT2D eigenvalue weighted by atomic mass is 9.47. The molecule has 5 saturated carbocycles. The van der Waals surface area contributed by atoms with Crippen LogP contribution in [0.5, 0.6) is 0 Å². The van der Waals surface area contributed by atoms with Gasteiger partial charge in [-0.3, -0.25) is 4.99 Å². The monoisotopic (exact) mass is 451 g/mol. The molecule has 0 spiro atoms. The van der Waals surface area contributed by atoms with Gasteiger partial charge in [0.15, 0.2) is 0 Å². The highest BCUT2D eigenvalue weighted by molar-refractivity contribution is 5.83. The van der Waals surface area contributed by atoms with Crippen LogP contribution in [0.1, 0.15) is 85.0 Å². The predicted molar refractivity (Wildman–Crippen MR) is 133 cm³/mol. The predicted octanol–water partition coefficient (Wildman–Crippen LogP) is 5.72. The Labute approximate surface area is 201 Å². The molecule has 5 rings (SSSR count). The van der Waals surface area contributed by atoms with Crippen molar-refractivity contribution in [2.75, 3.05) is 6.54 Å². The molecule has 0 aromatic carbocycles. The van der Waals surface area contributed by atoms with Crippen LogP contribution in [-0.2, 0) is 0 Å². The minimum absolute atomic E-state index is 0.424. The highest BCUT2D eigenvalue weighted by atomic mass is 16.3. The van der Waals surface area contributed by atoms with Crippen LogP contribution in [0.2, 0.25) is 0 Å². The number of rotatable bonds is 5. The summed E-state index contributed by atoms with van der Waals surface area (Å²) in [5.41, 5.74) is 6.00. The average molecular weight is 452 g/mol. The van der Waals surface area contributed by atoms with Gasteiger partial charge in [0.1, 0.15) is 6.07 Å². The number of hydrogen-bond donors (Lipinski definition) is 2. The molecular weight excluding hydrogens is 406 g/mol. The molecule has 5 aliphatic rings. The molecule has 0 aromatic heterocycles. The third-order valence-corrected chi connectivity index (χ3v) is 11.2. The molecule has 10 atom stereocenters. The van der Waals surface area contributed by atoms with Crippen molar-refractivity contribution in [2.24, 2.45) is 69.4 Å². The van der Waals surface area contributed by atoms with Crippen LogP contribution in [-0.4, -0.2) is 23.5 Å². The zero-order valence-corrected chi connectivity index (χ0v) is 21.0. The number of nitriles is 1. The number of nitrogens with two attached hydrogens (primary N) is 1. The van der Waals surface area contributed by atoms with Gasteiger partial charge in [-0.25, -0.2) is 0 Å². The van der Waals surface area contributed by atoms with E-state index in [1.165, 1.54) is 57.6 Å². The Kier molecular flexibility index (Phi) is 6.17. The first-order chi connectivity index (χ1) is 15.8. The van der Waals surface area contributed by atoms with Gasteiger partial charge in [0.25, 0.3) is 0 Å². The summed E-state index contributed by atoms with van der Waals surface area (Å²) in [5, 5.41) is 19.8. The maximum Gasteiger partial charge on any atom is 0.102 e. The van der Waals surface area contributed by atoms with Crippen LogP contribution in [0, 0.1) is 70.0 Å². The summed E-state index contributed by atoms with van der Waals surface area (Å²) in [7, 11) is 0. The van der Waals surface area contributed by atoms with Crippen molar-refractivity contribution in [3.63, 3.8) is 0 Å². The number of hydrogen-bond acceptors (Lipinski definition) is 4. The smallest absolute Gasteiger partial charge is 0.102 e. The molecule has 0 heterocycles. The Hall–Kier alpha value is -1.34. The van der Waals surface area contributed by atoms with Gasteiger partial charge in [-0.05, 0) is 130 Å². The molecule has 0 unspecified atom stereocenters. The second-order valence-electron chi connectivity index (χ2n) is 13.2. The minimum Gasteiger partial charge on any atom is -0.403 e. The molecule has 182 valence electrons. The third kappa shape index (κ3) is 4.18. The average Bonchev–Trinajstić information content (AvgIpc) is 3.57. The molecule has 33 heavy (non-hydrogen) atoms. The van der Waals surface area contributed by atoms with E-state index < -0.39 is 5.60 Å². The number of aliphatic hydroxyl groups is 1. The molecular formula is C29H45N3O. The van der Waals surface area contributed by atoms with E-state index in [9.17, 15) is 5.11 Å². The van der Waals surface area contributed by atoms with Gasteiger partial charge in [-0.2, -0.15) is 5.26 Å². The molecule has 5 fully saturated rings. The van der Waals surface area contributed by atoms with Crippen molar-refractivity contribution < 1.29 is 5.11 Å². The number of nitrogens with zero attached hydrogens (tertiary/aromatic N) is 2. The largest absolute Gasteiger partial charge is 0.403 e. The van der Waals surface area contributed by atoms with Crippen LogP contribution in [0.25, 0.3) is 0 Å². The van der Waals surface area contributed by atoms with Crippen molar-refractivity contribution in [2.45, 2.75) is 90.6 Å². The highest BCUT2D eigenvalue weighted by Crippen LogP contribution is 2.70. The second kappa shape index (κ2) is 8.71. The standard InChI is InChI=1S/C29H45N3O/c1-18(16-32-17-19(14-30)15-31)26-12-25(20-4-5-20)27-24-7-6-21-13-28(2,33)10-8-22(21)23(24)9-11-29(26,27)3/h14,17-18,20-27,33H,4-13,16,30H2,1-3H3/t18-,21-,22+,23-,24-,25+,26-,27-,28-,29-/m1/s1. The molecule has 0 aliphatic heterocycles. The molecule has 4 nitrogen and oxygen atoms in total. The zero-order chi connectivity index (χ0) is 23.4. The quantitative estimate of drug-likeness (QED) is 0.414. The zero-order valence-electron chi connectivity index (χ0n) is 21.0. The normalized spacial score (nSPS) is 48.6. The van der Waals surface area contributed by atoms with Crippen LogP contribution in [0.3, 0.4) is 0 Å². The first kappa shape index (κ1) is 23.4. The first-order valence-corrected chi connectivity index (χ1v) is 13.8. The molecule has 3 N–H and O–H groups in total. The van der Waals surface area contributed by atoms with E-state index in [1.54, 1.807) is 6.21 Å². The number of allylic oxidation sites excluding steroid dienone is 1. The molecule has 0 bridgehead atoms. The van der Waals surface area contributed by atoms with Crippen molar-refractivity contribution in [3.05, 3.63) is 11.8 Å². The highest BCUT2D eigenvalue weighted by Gasteiger charge is 2.63. The van der Waals surface area contributed by atoms with Crippen molar-refractivity contribution in [3.8, 4) is 6.07 Å². The van der Waals surface area contributed by atoms with E-state index in [4.69, 9.17) is 11.0 Å². The van der Waals surface area contributed by atoms with E-state index in [1.807, 2.05) is 0 Å². The van der Waals surface area contributed by atoms with Crippen LogP contribution < -0.4 is 5.73 Å². The SMILES string of the molecule is C[C@H](CN=CC(C#N)=CN)[C@H]1C[C@@H](C2CC2)[C@H]2[C@@H]3CC[C@@H]4C[C@](C)(O)CC[C@@H]4[C@H]3CC[C@@]21C. The van der Waals surface area contributed by atoms with Crippen molar-refractivity contribution in [1.82, 2.24) is 0 Å². The summed E-state index contributed by atoms with van der Waals surface area (Å²) in [5.74, 6) is 7.50. The van der Waals surface area contributed by atoms with E-state index in [-0.39, 0.29) is 0 Å². The fraction of sp³-hybridized carbons (Fsp3) is 0.862. The van der Waals surface area contributed by atoms with E-state index in [2.05, 4.69) is 31.8 Å². The summed E-state index contributed by atoms with van der Waals surface area (Å²) in [4.78, 5) is 4.64. The topological polar surface area (TPSA) is 82.4 Å². The number of fused-ring (bicyclic) bond motifs is 5. The summed E-state index contributed by atoms with van der Waals surface area (Å²) in [6.45, 7) is 7.94. The fourth-order valence-corrected chi connectivity index (χ4v) is 9.75. The lowest BCUT2D eigenvalue weighted by molar-refractivity contribution is -0.110. The van der Waals surface area contributed by atoms with Crippen LogP contribution in [0.15, 0.2) is 16.8 Å². The lowest BCUT2D eigenvalue weighted by Gasteiger charge is -2.58. The summed E-state index contributed by atoms with van der Waals surface area (Å²) in [6, 6.07) is 2.11. The molecule has 5 aliphatic carbocycles. The lowest BCUT2D eigenvalue weighted by Crippen LogP contribution is -2.52. The number of aliphatic imine (C=N–C) groups is 1. The Morgan fingerprint density at radius 2 is 1.79 bits per heavy atom. The van der Waals surface area contributed by atoms with E-state index in [0.29, 0.717) is 16.9 Å². The Balaban J connectivity index is 1.35. The Morgan fingerprint density at radius 3 is 2.48 bits per heavy atom. The molecule has 0 amide bonds. The van der Waals surface area contributed by atoms with Gasteiger partial charge in [0, 0.05) is 19.0 Å². The fourth-order valence-electron chi connectivity index (χ4n) is 9.75. The van der Waals surface area contributed by atoms with Gasteiger partial charge >= 0.3 is 0 Å². The van der Waals surface area contributed by atoms with Gasteiger partial charge in [0.2, 0.25) is 0 Å². The molecule has 0 aromatic rings. The van der Waals surface area contributed by atoms with E-state index >= 15 is 0 Å². The van der Waals surface area contributed by atoms with Crippen molar-refractivity contribution >= 4 is 6.21 Å². The van der Waals surface area contributed by atoms with Gasteiger partial charge in [-0.15, -0.1) is 0 Å². The summed E-state index contributed by atoms with van der Waals surface area (Å²) >= 11 is 0. The van der Waals surface area contributed by atoms with Gasteiger partial charge in [0.05, 0.1) is 11.2 Å². The van der Waals surface area contributed by atoms with E-state index in [0.717, 1.165) is 66.7 Å². The van der Waals surface area contributed by atoms with Crippen molar-refractivity contribution in [1.29, 1.82) is 5.26 Å². The first-order valence-electron chi connectivity index (χ1n) is 13.8. The maximum absolute atomic E-state index is 10.7. The maximum atomic E-state index is 10.7.